The molecular formula is C19H21ClN2O2. The number of halogens is 1. The lowest BCUT2D eigenvalue weighted by Crippen LogP contribution is -2.39. The van der Waals surface area contributed by atoms with Gasteiger partial charge in [0.15, 0.2) is 0 Å². The molecule has 0 radical (unpaired) electrons. The maximum absolute atomic E-state index is 12.7. The van der Waals surface area contributed by atoms with Gasteiger partial charge in [0, 0.05) is 23.3 Å². The Morgan fingerprint density at radius 3 is 2.75 bits per heavy atom. The highest BCUT2D eigenvalue weighted by molar-refractivity contribution is 6.30. The summed E-state index contributed by atoms with van der Waals surface area (Å²) in [6.07, 6.45) is 0.769. The fourth-order valence-corrected chi connectivity index (χ4v) is 3.20. The number of anilines is 1. The van der Waals surface area contributed by atoms with E-state index in [0.29, 0.717) is 11.6 Å². The number of nitrogens with zero attached hydrogens (tertiary/aromatic N) is 1. The summed E-state index contributed by atoms with van der Waals surface area (Å²) < 4.78 is 0. The number of amides is 1. The SMILES string of the molecule is CC(NC1CCN(c2ccc(Cl)cc2)C1=O)c1cccc(CO)c1. The fraction of sp³-hybridized carbons (Fsp3) is 0.316. The number of hydrogen-bond acceptors (Lipinski definition) is 3. The third kappa shape index (κ3) is 3.61. The van der Waals surface area contributed by atoms with Crippen LogP contribution in [-0.2, 0) is 11.4 Å². The molecule has 4 nitrogen and oxygen atoms in total. The van der Waals surface area contributed by atoms with Crippen molar-refractivity contribution in [2.24, 2.45) is 0 Å². The van der Waals surface area contributed by atoms with Gasteiger partial charge in [-0.15, -0.1) is 0 Å². The molecule has 3 rings (SSSR count). The molecule has 0 bridgehead atoms. The van der Waals surface area contributed by atoms with E-state index in [4.69, 9.17) is 11.6 Å². The normalized spacial score (nSPS) is 18.9. The van der Waals surface area contributed by atoms with Crippen molar-refractivity contribution in [1.29, 1.82) is 0 Å². The van der Waals surface area contributed by atoms with Crippen molar-refractivity contribution >= 4 is 23.2 Å². The Hall–Kier alpha value is -1.88. The maximum atomic E-state index is 12.7. The van der Waals surface area contributed by atoms with Crippen molar-refractivity contribution in [2.45, 2.75) is 32.0 Å². The first-order valence-electron chi connectivity index (χ1n) is 8.11. The number of aliphatic hydroxyl groups is 1. The molecule has 2 unspecified atom stereocenters. The lowest BCUT2D eigenvalue weighted by atomic mass is 10.0. The van der Waals surface area contributed by atoms with Gasteiger partial charge in [-0.25, -0.2) is 0 Å². The number of hydrogen-bond donors (Lipinski definition) is 2. The average molecular weight is 345 g/mol. The summed E-state index contributed by atoms with van der Waals surface area (Å²) in [6.45, 7) is 2.75. The van der Waals surface area contributed by atoms with Crippen molar-refractivity contribution in [3.8, 4) is 0 Å². The zero-order valence-corrected chi connectivity index (χ0v) is 14.3. The minimum atomic E-state index is -0.200. The van der Waals surface area contributed by atoms with Crippen LogP contribution in [0.25, 0.3) is 0 Å². The minimum Gasteiger partial charge on any atom is -0.392 e. The van der Waals surface area contributed by atoms with Gasteiger partial charge >= 0.3 is 0 Å². The first-order chi connectivity index (χ1) is 11.6. The molecule has 5 heteroatoms. The first kappa shape index (κ1) is 17.0. The van der Waals surface area contributed by atoms with Crippen LogP contribution in [0.3, 0.4) is 0 Å². The molecule has 0 spiro atoms. The molecule has 1 saturated heterocycles. The molecule has 1 aliphatic heterocycles. The van der Waals surface area contributed by atoms with Gasteiger partial charge in [0.25, 0.3) is 0 Å². The molecule has 2 aromatic carbocycles. The predicted molar refractivity (Wildman–Crippen MR) is 96.1 cm³/mol. The maximum Gasteiger partial charge on any atom is 0.244 e. The molecule has 0 aromatic heterocycles. The first-order valence-corrected chi connectivity index (χ1v) is 8.49. The molecule has 0 aliphatic carbocycles. The van der Waals surface area contributed by atoms with Crippen LogP contribution in [0, 0.1) is 0 Å². The quantitative estimate of drug-likeness (QED) is 0.875. The van der Waals surface area contributed by atoms with Crippen molar-refractivity contribution in [3.63, 3.8) is 0 Å². The summed E-state index contributed by atoms with van der Waals surface area (Å²) in [5.41, 5.74) is 2.82. The van der Waals surface area contributed by atoms with Crippen molar-refractivity contribution in [1.82, 2.24) is 5.32 Å². The molecule has 1 fully saturated rings. The topological polar surface area (TPSA) is 52.6 Å². The van der Waals surface area contributed by atoms with Crippen molar-refractivity contribution in [3.05, 3.63) is 64.7 Å². The Balaban J connectivity index is 1.67. The van der Waals surface area contributed by atoms with Gasteiger partial charge in [-0.2, -0.15) is 0 Å². The second kappa shape index (κ2) is 7.34. The number of benzene rings is 2. The molecule has 0 saturated carbocycles. The Kier molecular flexibility index (Phi) is 5.19. The van der Waals surface area contributed by atoms with Crippen molar-refractivity contribution in [2.75, 3.05) is 11.4 Å². The Bertz CT molecular complexity index is 718. The van der Waals surface area contributed by atoms with E-state index in [9.17, 15) is 9.90 Å². The highest BCUT2D eigenvalue weighted by Gasteiger charge is 2.33. The summed E-state index contributed by atoms with van der Waals surface area (Å²) in [5.74, 6) is 0.0856. The van der Waals surface area contributed by atoms with Gasteiger partial charge < -0.3 is 10.0 Å². The van der Waals surface area contributed by atoms with E-state index >= 15 is 0 Å². The van der Waals surface area contributed by atoms with Gasteiger partial charge in [0.2, 0.25) is 5.91 Å². The molecule has 2 aromatic rings. The zero-order chi connectivity index (χ0) is 17.1. The van der Waals surface area contributed by atoms with Crippen LogP contribution in [0.1, 0.15) is 30.5 Å². The molecule has 2 N–H and O–H groups in total. The van der Waals surface area contributed by atoms with E-state index in [2.05, 4.69) is 5.32 Å². The largest absolute Gasteiger partial charge is 0.392 e. The third-order valence-corrected chi connectivity index (χ3v) is 4.68. The molecule has 24 heavy (non-hydrogen) atoms. The zero-order valence-electron chi connectivity index (χ0n) is 13.6. The van der Waals surface area contributed by atoms with Crippen LogP contribution in [-0.4, -0.2) is 23.6 Å². The van der Waals surface area contributed by atoms with E-state index in [1.807, 2.05) is 43.3 Å². The number of aliphatic hydroxyl groups excluding tert-OH is 1. The third-order valence-electron chi connectivity index (χ3n) is 4.43. The summed E-state index contributed by atoms with van der Waals surface area (Å²) in [6, 6.07) is 15.0. The number of carbonyl (C=O) groups excluding carboxylic acids is 1. The Morgan fingerprint density at radius 2 is 2.04 bits per heavy atom. The number of carbonyl (C=O) groups is 1. The molecule has 1 aliphatic rings. The molecule has 126 valence electrons. The summed E-state index contributed by atoms with van der Waals surface area (Å²) in [7, 11) is 0. The van der Waals surface area contributed by atoms with E-state index in [1.165, 1.54) is 0 Å². The number of rotatable bonds is 5. The van der Waals surface area contributed by atoms with Crippen LogP contribution in [0.2, 0.25) is 5.02 Å². The smallest absolute Gasteiger partial charge is 0.244 e. The minimum absolute atomic E-state index is 0.0211. The van der Waals surface area contributed by atoms with E-state index in [1.54, 1.807) is 17.0 Å². The van der Waals surface area contributed by atoms with Gasteiger partial charge in [0.1, 0.15) is 0 Å². The number of nitrogens with one attached hydrogen (secondary N) is 1. The Labute approximate surface area is 147 Å². The molecule has 1 amide bonds. The second-order valence-corrected chi connectivity index (χ2v) is 6.54. The van der Waals surface area contributed by atoms with Gasteiger partial charge in [-0.1, -0.05) is 35.9 Å². The van der Waals surface area contributed by atoms with E-state index in [0.717, 1.165) is 23.2 Å². The molecule has 1 heterocycles. The van der Waals surface area contributed by atoms with Gasteiger partial charge in [-0.3, -0.25) is 10.1 Å². The monoisotopic (exact) mass is 344 g/mol. The summed E-state index contributed by atoms with van der Waals surface area (Å²) >= 11 is 5.91. The highest BCUT2D eigenvalue weighted by atomic mass is 35.5. The molecular weight excluding hydrogens is 324 g/mol. The van der Waals surface area contributed by atoms with Crippen LogP contribution in [0.5, 0.6) is 0 Å². The van der Waals surface area contributed by atoms with Gasteiger partial charge in [-0.05, 0) is 48.7 Å². The lowest BCUT2D eigenvalue weighted by Gasteiger charge is -2.21. The predicted octanol–water partition coefficient (Wildman–Crippen LogP) is 3.29. The van der Waals surface area contributed by atoms with Crippen LogP contribution >= 0.6 is 11.6 Å². The van der Waals surface area contributed by atoms with E-state index in [-0.39, 0.29) is 24.6 Å². The van der Waals surface area contributed by atoms with Crippen LogP contribution < -0.4 is 10.2 Å². The lowest BCUT2D eigenvalue weighted by molar-refractivity contribution is -0.119. The fourth-order valence-electron chi connectivity index (χ4n) is 3.07. The standard InChI is InChI=1S/C19H21ClN2O2/c1-13(15-4-2-3-14(11-15)12-23)21-18-9-10-22(19(18)24)17-7-5-16(20)6-8-17/h2-8,11,13,18,21,23H,9-10,12H2,1H3. The van der Waals surface area contributed by atoms with Crippen LogP contribution in [0.15, 0.2) is 48.5 Å². The van der Waals surface area contributed by atoms with Gasteiger partial charge in [0.05, 0.1) is 12.6 Å². The Morgan fingerprint density at radius 1 is 1.29 bits per heavy atom. The van der Waals surface area contributed by atoms with Crippen molar-refractivity contribution < 1.29 is 9.90 Å². The highest BCUT2D eigenvalue weighted by Crippen LogP contribution is 2.25. The second-order valence-electron chi connectivity index (χ2n) is 6.10. The van der Waals surface area contributed by atoms with E-state index < -0.39 is 0 Å². The van der Waals surface area contributed by atoms with Crippen LogP contribution in [0.4, 0.5) is 5.69 Å². The summed E-state index contributed by atoms with van der Waals surface area (Å²) in [5, 5.41) is 13.3. The summed E-state index contributed by atoms with van der Waals surface area (Å²) in [4.78, 5) is 14.5. The molecule has 2 atom stereocenters. The average Bonchev–Trinajstić information content (AvgIpc) is 2.96.